The Balaban J connectivity index is 1.75. The van der Waals surface area contributed by atoms with Gasteiger partial charge in [-0.05, 0) is 60.0 Å². The molecular weight excluding hydrogens is 339 g/mol. The van der Waals surface area contributed by atoms with Crippen molar-refractivity contribution in [3.63, 3.8) is 0 Å². The second kappa shape index (κ2) is 7.45. The van der Waals surface area contributed by atoms with Gasteiger partial charge in [-0.3, -0.25) is 9.78 Å². The van der Waals surface area contributed by atoms with Gasteiger partial charge in [0.05, 0.1) is 0 Å². The molecule has 0 unspecified atom stereocenters. The summed E-state index contributed by atoms with van der Waals surface area (Å²) in [5, 5.41) is 3.41. The molecule has 0 aliphatic rings. The van der Waals surface area contributed by atoms with Crippen LogP contribution in [0.15, 0.2) is 60.9 Å². The van der Waals surface area contributed by atoms with Crippen molar-refractivity contribution in [1.82, 2.24) is 10.3 Å². The molecule has 3 aromatic rings. The number of amides is 1. The van der Waals surface area contributed by atoms with Crippen molar-refractivity contribution in [3.05, 3.63) is 88.5 Å². The lowest BCUT2D eigenvalue weighted by Crippen LogP contribution is -2.23. The number of nitrogens with one attached hydrogen (secondary N) is 1. The second-order valence-electron chi connectivity index (χ2n) is 5.68. The van der Waals surface area contributed by atoms with Gasteiger partial charge in [-0.25, -0.2) is 4.39 Å². The minimum absolute atomic E-state index is 0.273. The van der Waals surface area contributed by atoms with Crippen LogP contribution in [-0.2, 0) is 6.54 Å². The molecule has 126 valence electrons. The van der Waals surface area contributed by atoms with Gasteiger partial charge in [-0.1, -0.05) is 23.7 Å². The summed E-state index contributed by atoms with van der Waals surface area (Å²) in [7, 11) is 0. The third-order valence-corrected chi connectivity index (χ3v) is 4.21. The zero-order valence-corrected chi connectivity index (χ0v) is 14.3. The van der Waals surface area contributed by atoms with E-state index < -0.39 is 5.82 Å². The number of carbonyl (C=O) groups excluding carboxylic acids is 1. The average molecular weight is 355 g/mol. The Morgan fingerprint density at radius 1 is 1.12 bits per heavy atom. The van der Waals surface area contributed by atoms with E-state index in [-0.39, 0.29) is 11.5 Å². The van der Waals surface area contributed by atoms with Crippen LogP contribution in [0, 0.1) is 12.7 Å². The smallest absolute Gasteiger partial charge is 0.251 e. The van der Waals surface area contributed by atoms with Gasteiger partial charge in [0.15, 0.2) is 0 Å². The predicted molar refractivity (Wildman–Crippen MR) is 97.0 cm³/mol. The molecule has 0 radical (unpaired) electrons. The molecule has 3 nitrogen and oxygen atoms in total. The van der Waals surface area contributed by atoms with Gasteiger partial charge in [0.2, 0.25) is 0 Å². The largest absolute Gasteiger partial charge is 0.348 e. The first-order valence-corrected chi connectivity index (χ1v) is 8.15. The summed E-state index contributed by atoms with van der Waals surface area (Å²) in [4.78, 5) is 16.2. The third kappa shape index (κ3) is 4.03. The minimum Gasteiger partial charge on any atom is -0.348 e. The molecule has 0 bridgehead atoms. The lowest BCUT2D eigenvalue weighted by atomic mass is 10.0. The molecular formula is C20H16ClFN2O. The molecule has 0 fully saturated rings. The van der Waals surface area contributed by atoms with Crippen molar-refractivity contribution in [2.45, 2.75) is 13.5 Å². The van der Waals surface area contributed by atoms with Crippen molar-refractivity contribution in [1.29, 1.82) is 0 Å². The normalized spacial score (nSPS) is 10.5. The zero-order chi connectivity index (χ0) is 17.8. The van der Waals surface area contributed by atoms with Crippen molar-refractivity contribution < 1.29 is 9.18 Å². The number of carbonyl (C=O) groups is 1. The highest BCUT2D eigenvalue weighted by molar-refractivity contribution is 6.30. The fraction of sp³-hybridized carbons (Fsp3) is 0.100. The summed E-state index contributed by atoms with van der Waals surface area (Å²) in [5.41, 5.74) is 3.38. The fourth-order valence-corrected chi connectivity index (χ4v) is 2.72. The molecule has 0 spiro atoms. The molecule has 0 aliphatic carbocycles. The third-order valence-electron chi connectivity index (χ3n) is 3.97. The number of hydrogen-bond donors (Lipinski definition) is 1. The Hall–Kier alpha value is -2.72. The summed E-state index contributed by atoms with van der Waals surface area (Å²) in [5.74, 6) is -0.780. The molecule has 1 heterocycles. The van der Waals surface area contributed by atoms with Crippen LogP contribution in [0.2, 0.25) is 5.02 Å². The van der Waals surface area contributed by atoms with Crippen molar-refractivity contribution in [2.75, 3.05) is 0 Å². The van der Waals surface area contributed by atoms with Crippen molar-refractivity contribution >= 4 is 17.5 Å². The van der Waals surface area contributed by atoms with E-state index in [2.05, 4.69) is 10.3 Å². The van der Waals surface area contributed by atoms with Crippen LogP contribution in [0.5, 0.6) is 0 Å². The van der Waals surface area contributed by atoms with E-state index >= 15 is 0 Å². The molecule has 0 saturated carbocycles. The predicted octanol–water partition coefficient (Wildman–Crippen LogP) is 4.78. The Labute approximate surface area is 150 Å². The highest BCUT2D eigenvalue weighted by atomic mass is 35.5. The van der Waals surface area contributed by atoms with Crippen LogP contribution in [0.4, 0.5) is 4.39 Å². The minimum atomic E-state index is -0.446. The molecule has 0 aliphatic heterocycles. The summed E-state index contributed by atoms with van der Waals surface area (Å²) in [6.07, 6.45) is 3.20. The standard InChI is InChI=1S/C20H16ClFN2O/c1-13-2-4-17(21)10-16(13)12-24-20(25)15-3-5-18(19(22)11-15)14-6-8-23-9-7-14/h2-11H,12H2,1H3,(H,24,25). The topological polar surface area (TPSA) is 42.0 Å². The first kappa shape index (κ1) is 17.1. The van der Waals surface area contributed by atoms with Crippen LogP contribution in [0.1, 0.15) is 21.5 Å². The highest BCUT2D eigenvalue weighted by Gasteiger charge is 2.11. The first-order chi connectivity index (χ1) is 12.0. The summed E-state index contributed by atoms with van der Waals surface area (Å²) in [6.45, 7) is 2.28. The lowest BCUT2D eigenvalue weighted by molar-refractivity contribution is 0.0950. The number of rotatable bonds is 4. The maximum atomic E-state index is 14.4. The van der Waals surface area contributed by atoms with Crippen molar-refractivity contribution in [2.24, 2.45) is 0 Å². The first-order valence-electron chi connectivity index (χ1n) is 7.78. The lowest BCUT2D eigenvalue weighted by Gasteiger charge is -2.10. The van der Waals surface area contributed by atoms with Gasteiger partial charge in [0, 0.05) is 35.1 Å². The summed E-state index contributed by atoms with van der Waals surface area (Å²) < 4.78 is 14.4. The fourth-order valence-electron chi connectivity index (χ4n) is 2.53. The van der Waals surface area contributed by atoms with Crippen molar-refractivity contribution in [3.8, 4) is 11.1 Å². The quantitative estimate of drug-likeness (QED) is 0.732. The maximum Gasteiger partial charge on any atom is 0.251 e. The molecule has 5 heteroatoms. The SMILES string of the molecule is Cc1ccc(Cl)cc1CNC(=O)c1ccc(-c2ccncc2)c(F)c1. The number of aryl methyl sites for hydroxylation is 1. The van der Waals surface area contributed by atoms with E-state index in [0.717, 1.165) is 11.1 Å². The molecule has 3 rings (SSSR count). The monoisotopic (exact) mass is 354 g/mol. The van der Waals surface area contributed by atoms with Gasteiger partial charge in [0.25, 0.3) is 5.91 Å². The Bertz CT molecular complexity index is 913. The van der Waals surface area contributed by atoms with Crippen LogP contribution in [0.3, 0.4) is 0 Å². The van der Waals surface area contributed by atoms with E-state index in [0.29, 0.717) is 22.7 Å². The van der Waals surface area contributed by atoms with Gasteiger partial charge in [-0.15, -0.1) is 0 Å². The van der Waals surface area contributed by atoms with Gasteiger partial charge in [0.1, 0.15) is 5.82 Å². The molecule has 2 aromatic carbocycles. The molecule has 25 heavy (non-hydrogen) atoms. The highest BCUT2D eigenvalue weighted by Crippen LogP contribution is 2.23. The van der Waals surface area contributed by atoms with E-state index in [9.17, 15) is 9.18 Å². The van der Waals surface area contributed by atoms with Gasteiger partial charge in [-0.2, -0.15) is 0 Å². The second-order valence-corrected chi connectivity index (χ2v) is 6.12. The summed E-state index contributed by atoms with van der Waals surface area (Å²) in [6, 6.07) is 13.4. The van der Waals surface area contributed by atoms with E-state index in [4.69, 9.17) is 11.6 Å². The number of nitrogens with zero attached hydrogens (tertiary/aromatic N) is 1. The molecule has 1 aromatic heterocycles. The zero-order valence-electron chi connectivity index (χ0n) is 13.6. The Morgan fingerprint density at radius 3 is 2.60 bits per heavy atom. The van der Waals surface area contributed by atoms with Crippen LogP contribution < -0.4 is 5.32 Å². The molecule has 1 amide bonds. The molecule has 0 saturated heterocycles. The number of benzene rings is 2. The maximum absolute atomic E-state index is 14.4. The van der Waals surface area contributed by atoms with Crippen LogP contribution in [0.25, 0.3) is 11.1 Å². The van der Waals surface area contributed by atoms with E-state index in [1.807, 2.05) is 19.1 Å². The molecule has 0 atom stereocenters. The van der Waals surface area contributed by atoms with Crippen LogP contribution in [-0.4, -0.2) is 10.9 Å². The summed E-state index contributed by atoms with van der Waals surface area (Å²) >= 11 is 5.98. The number of aromatic nitrogens is 1. The number of halogens is 2. The number of hydrogen-bond acceptors (Lipinski definition) is 2. The molecule has 1 N–H and O–H groups in total. The Kier molecular flexibility index (Phi) is 5.10. The number of pyridine rings is 1. The van der Waals surface area contributed by atoms with E-state index in [1.165, 1.54) is 6.07 Å². The van der Waals surface area contributed by atoms with Gasteiger partial charge >= 0.3 is 0 Å². The average Bonchev–Trinajstić information content (AvgIpc) is 2.63. The Morgan fingerprint density at radius 2 is 1.88 bits per heavy atom. The van der Waals surface area contributed by atoms with Gasteiger partial charge < -0.3 is 5.32 Å². The van der Waals surface area contributed by atoms with E-state index in [1.54, 1.807) is 42.7 Å². The van der Waals surface area contributed by atoms with Crippen LogP contribution >= 0.6 is 11.6 Å².